The molecule has 1 saturated carbocycles. The minimum atomic E-state index is 0.446. The molecule has 2 aromatic carbocycles. The molecule has 1 heterocycles. The highest BCUT2D eigenvalue weighted by Gasteiger charge is 2.31. The second-order valence-electron chi connectivity index (χ2n) is 6.64. The van der Waals surface area contributed by atoms with Crippen molar-refractivity contribution < 1.29 is 9.47 Å². The summed E-state index contributed by atoms with van der Waals surface area (Å²) >= 11 is 0. The Labute approximate surface area is 143 Å². The van der Waals surface area contributed by atoms with E-state index in [1.807, 2.05) is 24.4 Å². The molecule has 2 aliphatic rings. The third kappa shape index (κ3) is 2.91. The van der Waals surface area contributed by atoms with Crippen LogP contribution in [0.4, 0.5) is 0 Å². The number of fused-ring (bicyclic) bond motifs is 3. The molecule has 124 valence electrons. The van der Waals surface area contributed by atoms with Gasteiger partial charge in [-0.1, -0.05) is 43.2 Å². The van der Waals surface area contributed by atoms with Gasteiger partial charge in [0.15, 0.2) is 11.5 Å². The van der Waals surface area contributed by atoms with Crippen molar-refractivity contribution in [3.05, 3.63) is 59.2 Å². The first kappa shape index (κ1) is 15.3. The highest BCUT2D eigenvalue weighted by molar-refractivity contribution is 5.85. The van der Waals surface area contributed by atoms with Gasteiger partial charge in [0.2, 0.25) is 0 Å². The van der Waals surface area contributed by atoms with E-state index in [2.05, 4.69) is 24.3 Å². The van der Waals surface area contributed by atoms with E-state index < -0.39 is 0 Å². The molecule has 3 heteroatoms. The number of nitrogens with zero attached hydrogens (tertiary/aromatic N) is 1. The third-order valence-corrected chi connectivity index (χ3v) is 5.14. The summed E-state index contributed by atoms with van der Waals surface area (Å²) in [6.07, 6.45) is 7.03. The lowest BCUT2D eigenvalue weighted by atomic mass is 9.77. The van der Waals surface area contributed by atoms with Crippen molar-refractivity contribution in [1.29, 1.82) is 0 Å². The number of benzene rings is 2. The Kier molecular flexibility index (Phi) is 4.24. The van der Waals surface area contributed by atoms with Crippen molar-refractivity contribution in [2.75, 3.05) is 7.11 Å². The summed E-state index contributed by atoms with van der Waals surface area (Å²) in [4.78, 5) is 4.77. The molecule has 0 aromatic heterocycles. The minimum Gasteiger partial charge on any atom is -0.493 e. The Morgan fingerprint density at radius 1 is 1.04 bits per heavy atom. The van der Waals surface area contributed by atoms with Crippen LogP contribution in [-0.4, -0.2) is 19.4 Å². The van der Waals surface area contributed by atoms with Crippen molar-refractivity contribution in [3.63, 3.8) is 0 Å². The van der Waals surface area contributed by atoms with Gasteiger partial charge in [-0.2, -0.15) is 0 Å². The summed E-state index contributed by atoms with van der Waals surface area (Å²) in [5.74, 6) is 2.15. The average Bonchev–Trinajstić information content (AvgIpc) is 2.66. The molecule has 1 fully saturated rings. The fourth-order valence-electron chi connectivity index (χ4n) is 3.86. The van der Waals surface area contributed by atoms with Gasteiger partial charge in [-0.25, -0.2) is 0 Å². The van der Waals surface area contributed by atoms with Crippen LogP contribution in [0.5, 0.6) is 11.5 Å². The molecule has 0 radical (unpaired) electrons. The SMILES string of the molecule is COc1cc2c(cc1OCc1ccccc1)C1CCCCC1N=C2. The molecule has 4 rings (SSSR count). The molecule has 24 heavy (non-hydrogen) atoms. The Balaban J connectivity index is 1.63. The quantitative estimate of drug-likeness (QED) is 0.815. The van der Waals surface area contributed by atoms with Gasteiger partial charge in [0.1, 0.15) is 6.61 Å². The normalized spacial score (nSPS) is 21.7. The van der Waals surface area contributed by atoms with Crippen LogP contribution in [0, 0.1) is 0 Å². The molecule has 2 aromatic rings. The molecule has 0 amide bonds. The maximum absolute atomic E-state index is 6.09. The van der Waals surface area contributed by atoms with Gasteiger partial charge in [0, 0.05) is 12.1 Å². The van der Waals surface area contributed by atoms with E-state index >= 15 is 0 Å². The largest absolute Gasteiger partial charge is 0.493 e. The van der Waals surface area contributed by atoms with E-state index in [1.165, 1.54) is 36.8 Å². The third-order valence-electron chi connectivity index (χ3n) is 5.14. The van der Waals surface area contributed by atoms with Crippen LogP contribution in [-0.2, 0) is 6.61 Å². The Morgan fingerprint density at radius 3 is 2.71 bits per heavy atom. The van der Waals surface area contributed by atoms with Gasteiger partial charge in [-0.15, -0.1) is 0 Å². The smallest absolute Gasteiger partial charge is 0.161 e. The topological polar surface area (TPSA) is 30.8 Å². The van der Waals surface area contributed by atoms with E-state index in [-0.39, 0.29) is 0 Å². The summed E-state index contributed by atoms with van der Waals surface area (Å²) in [6.45, 7) is 0.554. The molecule has 2 unspecified atom stereocenters. The second kappa shape index (κ2) is 6.68. The van der Waals surface area contributed by atoms with E-state index in [9.17, 15) is 0 Å². The predicted molar refractivity (Wildman–Crippen MR) is 96.4 cm³/mol. The van der Waals surface area contributed by atoms with Gasteiger partial charge < -0.3 is 9.47 Å². The average molecular weight is 321 g/mol. The Morgan fingerprint density at radius 2 is 1.88 bits per heavy atom. The van der Waals surface area contributed by atoms with E-state index in [4.69, 9.17) is 14.5 Å². The molecule has 0 spiro atoms. The van der Waals surface area contributed by atoms with Crippen molar-refractivity contribution in [2.24, 2.45) is 4.99 Å². The first-order valence-electron chi connectivity index (χ1n) is 8.77. The molecule has 0 saturated heterocycles. The zero-order chi connectivity index (χ0) is 16.4. The van der Waals surface area contributed by atoms with Gasteiger partial charge in [0.25, 0.3) is 0 Å². The van der Waals surface area contributed by atoms with Crippen LogP contribution in [0.25, 0.3) is 0 Å². The van der Waals surface area contributed by atoms with Crippen LogP contribution in [0.15, 0.2) is 47.5 Å². The summed E-state index contributed by atoms with van der Waals surface area (Å²) in [6, 6.07) is 14.9. The molecular formula is C21H23NO2. The Hall–Kier alpha value is -2.29. The lowest BCUT2D eigenvalue weighted by molar-refractivity contribution is 0.283. The molecule has 0 bridgehead atoms. The summed E-state index contributed by atoms with van der Waals surface area (Å²) < 4.78 is 11.6. The zero-order valence-corrected chi connectivity index (χ0v) is 14.1. The summed E-state index contributed by atoms with van der Waals surface area (Å²) in [7, 11) is 1.69. The maximum Gasteiger partial charge on any atom is 0.161 e. The molecular weight excluding hydrogens is 298 g/mol. The van der Waals surface area contributed by atoms with Crippen LogP contribution in [0.3, 0.4) is 0 Å². The van der Waals surface area contributed by atoms with Crippen molar-refractivity contribution in [1.82, 2.24) is 0 Å². The zero-order valence-electron chi connectivity index (χ0n) is 14.1. The van der Waals surface area contributed by atoms with Crippen molar-refractivity contribution in [2.45, 2.75) is 44.2 Å². The standard InChI is InChI=1S/C21H23NO2/c1-23-20-11-16-13-22-19-10-6-5-9-17(19)18(16)12-21(20)24-14-15-7-3-2-4-8-15/h2-4,7-8,11-13,17,19H,5-6,9-10,14H2,1H3. The summed E-state index contributed by atoms with van der Waals surface area (Å²) in [5.41, 5.74) is 3.72. The fraction of sp³-hybridized carbons (Fsp3) is 0.381. The number of hydrogen-bond donors (Lipinski definition) is 0. The fourth-order valence-corrected chi connectivity index (χ4v) is 3.86. The monoisotopic (exact) mass is 321 g/mol. The molecule has 3 nitrogen and oxygen atoms in total. The molecule has 0 N–H and O–H groups in total. The van der Waals surface area contributed by atoms with Gasteiger partial charge in [0.05, 0.1) is 13.2 Å². The lowest BCUT2D eigenvalue weighted by Gasteiger charge is -2.33. The lowest BCUT2D eigenvalue weighted by Crippen LogP contribution is -2.25. The van der Waals surface area contributed by atoms with Gasteiger partial charge >= 0.3 is 0 Å². The van der Waals surface area contributed by atoms with E-state index in [1.54, 1.807) is 7.11 Å². The van der Waals surface area contributed by atoms with Crippen LogP contribution < -0.4 is 9.47 Å². The Bertz CT molecular complexity index is 739. The van der Waals surface area contributed by atoms with Crippen molar-refractivity contribution >= 4 is 6.21 Å². The number of methoxy groups -OCH3 is 1. The van der Waals surface area contributed by atoms with Gasteiger partial charge in [-0.05, 0) is 41.7 Å². The van der Waals surface area contributed by atoms with E-state index in [0.717, 1.165) is 17.1 Å². The van der Waals surface area contributed by atoms with Crippen LogP contribution in [0.2, 0.25) is 0 Å². The first-order chi connectivity index (χ1) is 11.8. The minimum absolute atomic E-state index is 0.446. The maximum atomic E-state index is 6.09. The predicted octanol–water partition coefficient (Wildman–Crippen LogP) is 4.73. The number of hydrogen-bond acceptors (Lipinski definition) is 3. The molecule has 2 atom stereocenters. The highest BCUT2D eigenvalue weighted by atomic mass is 16.5. The second-order valence-corrected chi connectivity index (χ2v) is 6.64. The number of ether oxygens (including phenoxy) is 2. The molecule has 1 aliphatic heterocycles. The summed E-state index contributed by atoms with van der Waals surface area (Å²) in [5, 5.41) is 0. The van der Waals surface area contributed by atoms with Crippen LogP contribution in [0.1, 0.15) is 48.3 Å². The van der Waals surface area contributed by atoms with Gasteiger partial charge in [-0.3, -0.25) is 4.99 Å². The molecule has 1 aliphatic carbocycles. The van der Waals surface area contributed by atoms with E-state index in [0.29, 0.717) is 18.6 Å². The highest BCUT2D eigenvalue weighted by Crippen LogP contribution is 2.42. The van der Waals surface area contributed by atoms with Crippen molar-refractivity contribution in [3.8, 4) is 11.5 Å². The first-order valence-corrected chi connectivity index (χ1v) is 8.77. The van der Waals surface area contributed by atoms with Crippen LogP contribution >= 0.6 is 0 Å². The number of rotatable bonds is 4. The number of aliphatic imine (C=N–C) groups is 1.